The Hall–Kier alpha value is -0.640. The summed E-state index contributed by atoms with van der Waals surface area (Å²) in [6.45, 7) is 2.57. The molecule has 1 heterocycles. The molecule has 9 heteroatoms. The van der Waals surface area contributed by atoms with Gasteiger partial charge in [0, 0.05) is 23.3 Å². The fourth-order valence-electron chi connectivity index (χ4n) is 1.25. The van der Waals surface area contributed by atoms with Crippen molar-refractivity contribution in [3.8, 4) is 0 Å². The number of thiophene rings is 1. The van der Waals surface area contributed by atoms with Crippen LogP contribution in [-0.2, 0) is 16.6 Å². The van der Waals surface area contributed by atoms with Crippen LogP contribution >= 0.6 is 11.3 Å². The molecule has 0 aliphatic heterocycles. The molecule has 110 valence electrons. The van der Waals surface area contributed by atoms with Crippen LogP contribution in [0.2, 0.25) is 0 Å². The van der Waals surface area contributed by atoms with Crippen molar-refractivity contribution in [3.05, 3.63) is 16.3 Å². The van der Waals surface area contributed by atoms with Gasteiger partial charge in [-0.2, -0.15) is 13.2 Å². The number of hydrogen-bond donors (Lipinski definition) is 2. The Morgan fingerprint density at radius 3 is 2.63 bits per heavy atom. The molecular formula is C10H15F3N2O2S2. The van der Waals surface area contributed by atoms with Crippen molar-refractivity contribution in [1.29, 1.82) is 0 Å². The molecule has 0 radical (unpaired) electrons. The molecule has 1 aromatic rings. The zero-order valence-corrected chi connectivity index (χ0v) is 11.9. The molecule has 1 rings (SSSR count). The Morgan fingerprint density at radius 2 is 2.05 bits per heavy atom. The van der Waals surface area contributed by atoms with Gasteiger partial charge in [0.15, 0.2) is 0 Å². The van der Waals surface area contributed by atoms with Crippen molar-refractivity contribution >= 4 is 21.4 Å². The first-order valence-corrected chi connectivity index (χ1v) is 7.95. The van der Waals surface area contributed by atoms with Gasteiger partial charge in [-0.05, 0) is 12.6 Å². The number of alkyl halides is 3. The summed E-state index contributed by atoms with van der Waals surface area (Å²) in [5.41, 5.74) is 0. The monoisotopic (exact) mass is 316 g/mol. The van der Waals surface area contributed by atoms with E-state index in [0.717, 1.165) is 11.4 Å². The average molecular weight is 316 g/mol. The number of nitrogens with one attached hydrogen (secondary N) is 2. The first kappa shape index (κ1) is 16.4. The molecular weight excluding hydrogens is 301 g/mol. The van der Waals surface area contributed by atoms with E-state index < -0.39 is 29.2 Å². The molecule has 0 amide bonds. The Labute approximate surface area is 114 Å². The molecule has 0 atom stereocenters. The maximum absolute atomic E-state index is 11.9. The topological polar surface area (TPSA) is 58.2 Å². The first-order valence-electron chi connectivity index (χ1n) is 5.59. The zero-order chi connectivity index (χ0) is 14.5. The highest BCUT2D eigenvalue weighted by Crippen LogP contribution is 2.21. The average Bonchev–Trinajstić information content (AvgIpc) is 2.73. The summed E-state index contributed by atoms with van der Waals surface area (Å²) in [6, 6.07) is 1.46. The highest BCUT2D eigenvalue weighted by Gasteiger charge is 2.27. The second kappa shape index (κ2) is 6.69. The Kier molecular flexibility index (Phi) is 5.78. The fourth-order valence-corrected chi connectivity index (χ4v) is 3.53. The van der Waals surface area contributed by atoms with Crippen LogP contribution in [0.4, 0.5) is 13.2 Å². The molecule has 0 aliphatic rings. The van der Waals surface area contributed by atoms with Crippen molar-refractivity contribution in [2.75, 3.05) is 13.1 Å². The van der Waals surface area contributed by atoms with E-state index in [1.807, 2.05) is 11.6 Å². The van der Waals surface area contributed by atoms with Gasteiger partial charge < -0.3 is 5.32 Å². The predicted molar refractivity (Wildman–Crippen MR) is 67.6 cm³/mol. The van der Waals surface area contributed by atoms with Crippen LogP contribution in [0.3, 0.4) is 0 Å². The number of rotatable bonds is 7. The quantitative estimate of drug-likeness (QED) is 0.810. The lowest BCUT2D eigenvalue weighted by Crippen LogP contribution is -2.27. The maximum atomic E-state index is 11.9. The van der Waals surface area contributed by atoms with Gasteiger partial charge in [0.2, 0.25) is 10.0 Å². The Morgan fingerprint density at radius 1 is 1.37 bits per heavy atom. The number of halogens is 3. The molecule has 0 spiro atoms. The van der Waals surface area contributed by atoms with Crippen LogP contribution in [0.25, 0.3) is 0 Å². The highest BCUT2D eigenvalue weighted by atomic mass is 32.2. The maximum Gasteiger partial charge on any atom is 0.390 e. The molecule has 0 aromatic carbocycles. The molecule has 0 bridgehead atoms. The summed E-state index contributed by atoms with van der Waals surface area (Å²) in [7, 11) is -3.85. The summed E-state index contributed by atoms with van der Waals surface area (Å²) >= 11 is 1.25. The summed E-state index contributed by atoms with van der Waals surface area (Å²) in [6.07, 6.45) is -5.55. The van der Waals surface area contributed by atoms with E-state index >= 15 is 0 Å². The van der Waals surface area contributed by atoms with Gasteiger partial charge in [-0.3, -0.25) is 0 Å². The van der Waals surface area contributed by atoms with Gasteiger partial charge >= 0.3 is 6.18 Å². The minimum atomic E-state index is -4.37. The highest BCUT2D eigenvalue weighted by molar-refractivity contribution is 7.89. The van der Waals surface area contributed by atoms with Gasteiger partial charge in [-0.1, -0.05) is 6.92 Å². The van der Waals surface area contributed by atoms with Gasteiger partial charge in [0.25, 0.3) is 0 Å². The summed E-state index contributed by atoms with van der Waals surface area (Å²) in [5, 5.41) is 4.46. The van der Waals surface area contributed by atoms with Crippen molar-refractivity contribution in [2.24, 2.45) is 0 Å². The number of sulfonamides is 1. The first-order chi connectivity index (χ1) is 8.74. The Balaban J connectivity index is 2.59. The van der Waals surface area contributed by atoms with Crippen LogP contribution in [-0.4, -0.2) is 27.7 Å². The van der Waals surface area contributed by atoms with Crippen LogP contribution in [0, 0.1) is 0 Å². The molecule has 1 aromatic heterocycles. The normalized spacial score (nSPS) is 12.8. The predicted octanol–water partition coefficient (Wildman–Crippen LogP) is 2.09. The molecule has 4 nitrogen and oxygen atoms in total. The van der Waals surface area contributed by atoms with E-state index in [0.29, 0.717) is 6.54 Å². The van der Waals surface area contributed by atoms with Crippen LogP contribution in [0.1, 0.15) is 18.2 Å². The third-order valence-electron chi connectivity index (χ3n) is 2.19. The van der Waals surface area contributed by atoms with Gasteiger partial charge in [0.1, 0.15) is 0 Å². The summed E-state index contributed by atoms with van der Waals surface area (Å²) < 4.78 is 61.2. The fraction of sp³-hybridized carbons (Fsp3) is 0.600. The van der Waals surface area contributed by atoms with Gasteiger partial charge in [-0.25, -0.2) is 13.1 Å². The molecule has 0 fully saturated rings. The van der Waals surface area contributed by atoms with E-state index in [4.69, 9.17) is 0 Å². The van der Waals surface area contributed by atoms with Crippen LogP contribution in [0.5, 0.6) is 0 Å². The lowest BCUT2D eigenvalue weighted by atomic mass is 10.4. The molecule has 0 aliphatic carbocycles. The van der Waals surface area contributed by atoms with Gasteiger partial charge in [-0.15, -0.1) is 11.3 Å². The Bertz CT molecular complexity index is 497. The van der Waals surface area contributed by atoms with Crippen molar-refractivity contribution in [1.82, 2.24) is 10.0 Å². The lowest BCUT2D eigenvalue weighted by Gasteiger charge is -2.07. The SMILES string of the molecule is CCNCc1cc(S(=O)(=O)NCCC(F)(F)F)cs1. The third-order valence-corrected chi connectivity index (χ3v) is 4.72. The van der Waals surface area contributed by atoms with Crippen LogP contribution in [0.15, 0.2) is 16.3 Å². The van der Waals surface area contributed by atoms with E-state index in [9.17, 15) is 21.6 Å². The van der Waals surface area contributed by atoms with E-state index in [2.05, 4.69) is 5.32 Å². The second-order valence-electron chi connectivity index (χ2n) is 3.79. The minimum Gasteiger partial charge on any atom is -0.312 e. The van der Waals surface area contributed by atoms with Crippen LogP contribution < -0.4 is 10.0 Å². The minimum absolute atomic E-state index is 0.00702. The van der Waals surface area contributed by atoms with Gasteiger partial charge in [0.05, 0.1) is 11.3 Å². The molecule has 2 N–H and O–H groups in total. The largest absolute Gasteiger partial charge is 0.390 e. The summed E-state index contributed by atoms with van der Waals surface area (Å²) in [4.78, 5) is 0.825. The molecule has 19 heavy (non-hydrogen) atoms. The zero-order valence-electron chi connectivity index (χ0n) is 10.3. The standard InChI is InChI=1S/C10H15F3N2O2S2/c1-2-14-6-8-5-9(7-18-8)19(16,17)15-4-3-10(11,12)13/h5,7,14-15H,2-4,6H2,1H3. The lowest BCUT2D eigenvalue weighted by molar-refractivity contribution is -0.132. The van der Waals surface area contributed by atoms with E-state index in [-0.39, 0.29) is 4.90 Å². The van der Waals surface area contributed by atoms with E-state index in [1.54, 1.807) is 0 Å². The summed E-state index contributed by atoms with van der Waals surface area (Å²) in [5.74, 6) is 0. The van der Waals surface area contributed by atoms with E-state index in [1.165, 1.54) is 22.8 Å². The molecule has 0 saturated heterocycles. The smallest absolute Gasteiger partial charge is 0.312 e. The molecule has 0 saturated carbocycles. The second-order valence-corrected chi connectivity index (χ2v) is 6.55. The van der Waals surface area contributed by atoms with Crippen molar-refractivity contribution < 1.29 is 21.6 Å². The third kappa shape index (κ3) is 5.89. The number of hydrogen-bond acceptors (Lipinski definition) is 4. The van der Waals surface area contributed by atoms with Crippen molar-refractivity contribution in [2.45, 2.75) is 31.0 Å². The van der Waals surface area contributed by atoms with Crippen molar-refractivity contribution in [3.63, 3.8) is 0 Å². The molecule has 0 unspecified atom stereocenters.